The molecule has 2 amide bonds. The SMILES string of the molecule is COc1cccc(Oc2cc(NCCC(F)(F)F)c3ncn(-c4ccc(C(=O)NC5CC5)c(C)c4)c3c2)c1.Cc1cc(-n2cnc3c(NCCC(F)(F)F)cc(Oc4cccc(O)c4)cc32)ccc1C(=O)NC1CC1. The van der Waals surface area contributed by atoms with Crippen molar-refractivity contribution in [1.82, 2.24) is 29.7 Å². The molecule has 8 aromatic rings. The minimum Gasteiger partial charge on any atom is -0.508 e. The van der Waals surface area contributed by atoms with Crippen LogP contribution in [-0.4, -0.2) is 80.7 Å². The molecule has 0 bridgehead atoms. The van der Waals surface area contributed by atoms with Crippen LogP contribution < -0.4 is 35.5 Å². The van der Waals surface area contributed by atoms with Crippen LogP contribution in [0.5, 0.6) is 34.5 Å². The molecular weight excluding hydrogens is 983 g/mol. The van der Waals surface area contributed by atoms with E-state index in [9.17, 15) is 41.0 Å². The Balaban J connectivity index is 0.000000184. The Morgan fingerprint density at radius 3 is 1.44 bits per heavy atom. The second-order valence-electron chi connectivity index (χ2n) is 18.4. The first kappa shape index (κ1) is 51.5. The summed E-state index contributed by atoms with van der Waals surface area (Å²) in [7, 11) is 1.55. The fourth-order valence-electron chi connectivity index (χ4n) is 8.23. The number of carbonyl (C=O) groups is 2. The number of imidazole rings is 2. The number of methoxy groups -OCH3 is 1. The van der Waals surface area contributed by atoms with E-state index in [1.165, 1.54) is 12.1 Å². The van der Waals surface area contributed by atoms with Crippen molar-refractivity contribution >= 4 is 45.3 Å². The minimum atomic E-state index is -4.30. The molecule has 2 aromatic heterocycles. The smallest absolute Gasteiger partial charge is 0.390 e. The Labute approximate surface area is 426 Å². The van der Waals surface area contributed by atoms with Gasteiger partial charge in [-0.15, -0.1) is 0 Å². The molecule has 0 spiro atoms. The van der Waals surface area contributed by atoms with E-state index in [0.717, 1.165) is 48.2 Å². The highest BCUT2D eigenvalue weighted by molar-refractivity contribution is 5.97. The van der Waals surface area contributed by atoms with Gasteiger partial charge < -0.3 is 40.6 Å². The normalized spacial score (nSPS) is 13.5. The Morgan fingerprint density at radius 2 is 1.03 bits per heavy atom. The third-order valence-electron chi connectivity index (χ3n) is 12.3. The molecule has 2 aliphatic carbocycles. The molecule has 0 unspecified atom stereocenters. The molecule has 6 aromatic carbocycles. The Morgan fingerprint density at radius 1 is 0.587 bits per heavy atom. The van der Waals surface area contributed by atoms with Gasteiger partial charge in [0, 0.05) is 84.1 Å². The number of nitrogens with one attached hydrogen (secondary N) is 4. The number of aromatic hydroxyl groups is 1. The maximum absolute atomic E-state index is 12.8. The number of amides is 2. The summed E-state index contributed by atoms with van der Waals surface area (Å²) in [6.45, 7) is 3.08. The number of aromatic nitrogens is 4. The molecule has 2 aliphatic rings. The zero-order valence-corrected chi connectivity index (χ0v) is 40.9. The van der Waals surface area contributed by atoms with Gasteiger partial charge in [0.1, 0.15) is 58.2 Å². The molecule has 75 heavy (non-hydrogen) atoms. The number of hydrogen-bond donors (Lipinski definition) is 5. The number of hydrogen-bond acceptors (Lipinski definition) is 10. The third-order valence-corrected chi connectivity index (χ3v) is 12.3. The van der Waals surface area contributed by atoms with Gasteiger partial charge in [0.15, 0.2) is 0 Å². The van der Waals surface area contributed by atoms with Crippen molar-refractivity contribution in [3.05, 3.63) is 144 Å². The number of anilines is 2. The minimum absolute atomic E-state index is 0.0217. The van der Waals surface area contributed by atoms with Crippen LogP contribution in [-0.2, 0) is 0 Å². The molecular formula is C55H52F6N8O6. The average molecular weight is 1040 g/mol. The maximum Gasteiger partial charge on any atom is 0.390 e. The van der Waals surface area contributed by atoms with Crippen molar-refractivity contribution in [1.29, 1.82) is 0 Å². The molecule has 10 rings (SSSR count). The number of nitrogens with zero attached hydrogens (tertiary/aromatic N) is 4. The van der Waals surface area contributed by atoms with Crippen molar-refractivity contribution < 1.29 is 55.2 Å². The number of alkyl halides is 6. The average Bonchev–Trinajstić information content (AvgIpc) is 4.27. The highest BCUT2D eigenvalue weighted by Crippen LogP contribution is 2.37. The first-order chi connectivity index (χ1) is 35.9. The Kier molecular flexibility index (Phi) is 14.8. The highest BCUT2D eigenvalue weighted by Gasteiger charge is 2.29. The van der Waals surface area contributed by atoms with Crippen molar-refractivity contribution in [2.75, 3.05) is 30.8 Å². The number of phenols is 1. The monoisotopic (exact) mass is 1030 g/mol. The molecule has 14 nitrogen and oxygen atoms in total. The van der Waals surface area contributed by atoms with Gasteiger partial charge in [0.2, 0.25) is 0 Å². The summed E-state index contributed by atoms with van der Waals surface area (Å²) in [5.41, 5.74) is 7.26. The van der Waals surface area contributed by atoms with Gasteiger partial charge in [-0.25, -0.2) is 9.97 Å². The standard InChI is InChI=1S/C28H27F3N4O3.C27H25F3N4O3/c1-17-12-19(8-9-23(17)27(36)34-18-6-7-18)35-16-33-26-24(32-11-10-28(29,30)31)14-22(15-25(26)35)38-21-5-3-4-20(13-21)37-2;1-16-11-18(7-8-22(16)26(36)33-17-5-6-17)34-15-32-25-23(31-10-9-27(28,29)30)13-21(14-24(25)34)37-20-4-2-3-19(35)12-20/h3-5,8-9,12-16,18,32H,6-7,10-11H2,1-2H3,(H,34,36);2-4,7-8,11-15,17,31,35H,5-6,9-10H2,1H3,(H,33,36). The van der Waals surface area contributed by atoms with Gasteiger partial charge in [-0.05, 0) is 111 Å². The Hall–Kier alpha value is -8.42. The van der Waals surface area contributed by atoms with E-state index in [1.54, 1.807) is 103 Å². The molecule has 0 atom stereocenters. The molecule has 0 saturated heterocycles. The largest absolute Gasteiger partial charge is 0.508 e. The van der Waals surface area contributed by atoms with Crippen LogP contribution in [0.25, 0.3) is 33.4 Å². The summed E-state index contributed by atoms with van der Waals surface area (Å²) >= 11 is 0. The molecule has 0 radical (unpaired) electrons. The van der Waals surface area contributed by atoms with Gasteiger partial charge in [-0.2, -0.15) is 26.3 Å². The van der Waals surface area contributed by atoms with Gasteiger partial charge in [0.25, 0.3) is 11.8 Å². The van der Waals surface area contributed by atoms with Crippen LogP contribution in [0.3, 0.4) is 0 Å². The lowest BCUT2D eigenvalue weighted by molar-refractivity contribution is -0.132. The van der Waals surface area contributed by atoms with Crippen LogP contribution >= 0.6 is 0 Å². The molecule has 2 heterocycles. The van der Waals surface area contributed by atoms with Gasteiger partial charge in [0.05, 0.1) is 42.4 Å². The second-order valence-corrected chi connectivity index (χ2v) is 18.4. The van der Waals surface area contributed by atoms with Crippen molar-refractivity contribution in [2.24, 2.45) is 0 Å². The number of carbonyl (C=O) groups excluding carboxylic acids is 2. The molecule has 0 aliphatic heterocycles. The zero-order chi connectivity index (χ0) is 53.0. The number of fused-ring (bicyclic) bond motifs is 2. The Bertz CT molecular complexity index is 3380. The molecule has 390 valence electrons. The lowest BCUT2D eigenvalue weighted by atomic mass is 10.1. The second kappa shape index (κ2) is 21.6. The lowest BCUT2D eigenvalue weighted by Gasteiger charge is -2.14. The fraction of sp³-hybridized carbons (Fsp3) is 0.273. The van der Waals surface area contributed by atoms with Crippen LogP contribution in [0, 0.1) is 13.8 Å². The van der Waals surface area contributed by atoms with Crippen LogP contribution in [0.1, 0.15) is 70.4 Å². The summed E-state index contributed by atoms with van der Waals surface area (Å²) in [4.78, 5) is 34.0. The summed E-state index contributed by atoms with van der Waals surface area (Å²) in [5.74, 6) is 2.07. The fourth-order valence-corrected chi connectivity index (χ4v) is 8.23. The van der Waals surface area contributed by atoms with Crippen LogP contribution in [0.15, 0.2) is 122 Å². The summed E-state index contributed by atoms with van der Waals surface area (Å²) in [6.07, 6.45) is -3.39. The number of ether oxygens (including phenoxy) is 3. The first-order valence-electron chi connectivity index (χ1n) is 24.1. The predicted molar refractivity (Wildman–Crippen MR) is 272 cm³/mol. The van der Waals surface area contributed by atoms with Gasteiger partial charge >= 0.3 is 12.4 Å². The molecule has 20 heteroatoms. The van der Waals surface area contributed by atoms with E-state index in [1.807, 2.05) is 36.6 Å². The van der Waals surface area contributed by atoms with E-state index in [-0.39, 0.29) is 42.7 Å². The van der Waals surface area contributed by atoms with Gasteiger partial charge in [-0.1, -0.05) is 12.1 Å². The topological polar surface area (TPSA) is 166 Å². The lowest BCUT2D eigenvalue weighted by Crippen LogP contribution is -2.26. The van der Waals surface area contributed by atoms with E-state index < -0.39 is 25.2 Å². The first-order valence-corrected chi connectivity index (χ1v) is 24.1. The van der Waals surface area contributed by atoms with Crippen LogP contribution in [0.2, 0.25) is 0 Å². The quantitative estimate of drug-likeness (QED) is 0.0554. The summed E-state index contributed by atoms with van der Waals surface area (Å²) in [6, 6.07) is 31.4. The molecule has 2 fully saturated rings. The molecule has 2 saturated carbocycles. The number of rotatable bonds is 17. The summed E-state index contributed by atoms with van der Waals surface area (Å²) < 4.78 is 97.6. The number of halogens is 6. The number of phenolic OH excluding ortho intramolecular Hbond substituents is 1. The zero-order valence-electron chi connectivity index (χ0n) is 40.9. The summed E-state index contributed by atoms with van der Waals surface area (Å²) in [5, 5.41) is 21.4. The van der Waals surface area contributed by atoms with Crippen molar-refractivity contribution in [3.8, 4) is 45.9 Å². The van der Waals surface area contributed by atoms with Crippen molar-refractivity contribution in [2.45, 2.75) is 76.8 Å². The maximum atomic E-state index is 12.8. The third kappa shape index (κ3) is 13.2. The van der Waals surface area contributed by atoms with Crippen LogP contribution in [0.4, 0.5) is 37.7 Å². The highest BCUT2D eigenvalue weighted by atomic mass is 19.4. The number of benzene rings is 6. The van der Waals surface area contributed by atoms with E-state index >= 15 is 0 Å². The van der Waals surface area contributed by atoms with E-state index in [2.05, 4.69) is 31.2 Å². The van der Waals surface area contributed by atoms with E-state index in [0.29, 0.717) is 73.3 Å². The predicted octanol–water partition coefficient (Wildman–Crippen LogP) is 12.5. The van der Waals surface area contributed by atoms with Gasteiger partial charge in [-0.3, -0.25) is 18.7 Å². The number of aryl methyl sites for hydroxylation is 2. The van der Waals surface area contributed by atoms with Crippen molar-refractivity contribution in [3.63, 3.8) is 0 Å². The molecule has 5 N–H and O–H groups in total. The van der Waals surface area contributed by atoms with E-state index in [4.69, 9.17) is 14.2 Å².